The van der Waals surface area contributed by atoms with E-state index in [2.05, 4.69) is 216 Å². The van der Waals surface area contributed by atoms with Crippen molar-refractivity contribution in [1.82, 2.24) is 0 Å². The van der Waals surface area contributed by atoms with E-state index in [1.165, 1.54) is 27.3 Å². The van der Waals surface area contributed by atoms with Crippen molar-refractivity contribution in [1.29, 1.82) is 0 Å². The average molecular weight is 679 g/mol. The monoisotopic (exact) mass is 678 g/mol. The first kappa shape index (κ1) is 30.7. The molecule has 10 rings (SSSR count). The number of ether oxygens (including phenoxy) is 1. The molecule has 1 heterocycles. The van der Waals surface area contributed by atoms with E-state index >= 15 is 0 Å². The zero-order valence-electron chi connectivity index (χ0n) is 28.9. The number of fused-ring (bicyclic) bond motifs is 4. The summed E-state index contributed by atoms with van der Waals surface area (Å²) in [5.74, 6) is 1.71. The van der Waals surface area contributed by atoms with Crippen molar-refractivity contribution in [3.05, 3.63) is 206 Å². The predicted octanol–water partition coefficient (Wildman–Crippen LogP) is 14.4. The van der Waals surface area contributed by atoms with Crippen LogP contribution in [0.25, 0.3) is 43.8 Å². The summed E-state index contributed by atoms with van der Waals surface area (Å²) in [6.07, 6.45) is 0. The van der Waals surface area contributed by atoms with Crippen molar-refractivity contribution in [2.45, 2.75) is 0 Å². The molecular weight excluding hydrogens is 645 g/mol. The first-order valence-corrected chi connectivity index (χ1v) is 18.0. The van der Waals surface area contributed by atoms with Crippen LogP contribution in [-0.2, 0) is 0 Å². The Morgan fingerprint density at radius 3 is 1.60 bits per heavy atom. The van der Waals surface area contributed by atoms with Crippen molar-refractivity contribution >= 4 is 55.7 Å². The summed E-state index contributed by atoms with van der Waals surface area (Å²) < 4.78 is 6.86. The Balaban J connectivity index is 1.12. The highest BCUT2D eigenvalue weighted by atomic mass is 16.5. The number of nitrogens with zero attached hydrogens (tertiary/aromatic N) is 2. The fourth-order valence-corrected chi connectivity index (χ4v) is 7.81. The lowest BCUT2D eigenvalue weighted by atomic mass is 9.90. The van der Waals surface area contributed by atoms with E-state index in [0.717, 1.165) is 62.1 Å². The second-order valence-electron chi connectivity index (χ2n) is 13.4. The van der Waals surface area contributed by atoms with Crippen LogP contribution in [0, 0.1) is 0 Å². The van der Waals surface area contributed by atoms with Gasteiger partial charge in [-0.25, -0.2) is 0 Å². The van der Waals surface area contributed by atoms with Crippen LogP contribution < -0.4 is 14.5 Å². The number of para-hydroxylation sites is 4. The molecule has 1 aliphatic rings. The van der Waals surface area contributed by atoms with Crippen LogP contribution >= 0.6 is 0 Å². The highest BCUT2D eigenvalue weighted by molar-refractivity contribution is 6.18. The molecular formula is C50H34N2O. The third kappa shape index (κ3) is 5.38. The van der Waals surface area contributed by atoms with E-state index in [1.807, 2.05) is 0 Å². The van der Waals surface area contributed by atoms with Crippen molar-refractivity contribution in [3.63, 3.8) is 0 Å². The lowest BCUT2D eigenvalue weighted by molar-refractivity contribution is 0.487. The minimum Gasteiger partial charge on any atom is -0.456 e. The van der Waals surface area contributed by atoms with E-state index in [-0.39, 0.29) is 0 Å². The van der Waals surface area contributed by atoms with Crippen molar-refractivity contribution in [2.75, 3.05) is 9.80 Å². The summed E-state index contributed by atoms with van der Waals surface area (Å²) in [5.41, 5.74) is 11.1. The summed E-state index contributed by atoms with van der Waals surface area (Å²) in [6.45, 7) is 0. The third-order valence-corrected chi connectivity index (χ3v) is 10.2. The van der Waals surface area contributed by atoms with Gasteiger partial charge in [-0.15, -0.1) is 0 Å². The molecule has 9 aromatic carbocycles. The molecule has 0 bridgehead atoms. The molecule has 0 radical (unpaired) electrons. The molecule has 0 atom stereocenters. The number of hydrogen-bond donors (Lipinski definition) is 0. The van der Waals surface area contributed by atoms with Crippen LogP contribution in [0.1, 0.15) is 0 Å². The molecule has 0 aliphatic carbocycles. The fraction of sp³-hybridized carbons (Fsp3) is 0. The van der Waals surface area contributed by atoms with Crippen LogP contribution in [0.5, 0.6) is 11.5 Å². The molecule has 9 aromatic rings. The predicted molar refractivity (Wildman–Crippen MR) is 222 cm³/mol. The Hall–Kier alpha value is -7.10. The quantitative estimate of drug-likeness (QED) is 0.156. The van der Waals surface area contributed by atoms with Crippen molar-refractivity contribution in [2.24, 2.45) is 0 Å². The van der Waals surface area contributed by atoms with Gasteiger partial charge in [0.1, 0.15) is 11.5 Å². The Morgan fingerprint density at radius 2 is 0.906 bits per heavy atom. The smallest absolute Gasteiger partial charge is 0.137 e. The van der Waals surface area contributed by atoms with Crippen molar-refractivity contribution in [3.8, 4) is 33.8 Å². The summed E-state index contributed by atoms with van der Waals surface area (Å²) in [5, 5.41) is 4.69. The van der Waals surface area contributed by atoms with E-state index in [9.17, 15) is 0 Å². The minimum atomic E-state index is 0.843. The molecule has 0 fully saturated rings. The third-order valence-electron chi connectivity index (χ3n) is 10.2. The Morgan fingerprint density at radius 1 is 0.321 bits per heavy atom. The molecule has 0 saturated carbocycles. The summed E-state index contributed by atoms with van der Waals surface area (Å²) >= 11 is 0. The van der Waals surface area contributed by atoms with Gasteiger partial charge in [0, 0.05) is 51.0 Å². The number of hydrogen-bond acceptors (Lipinski definition) is 3. The minimum absolute atomic E-state index is 0.843. The highest BCUT2D eigenvalue weighted by Gasteiger charge is 2.25. The Kier molecular flexibility index (Phi) is 7.47. The number of benzene rings is 9. The zero-order chi connectivity index (χ0) is 35.1. The van der Waals surface area contributed by atoms with Crippen LogP contribution in [-0.4, -0.2) is 0 Å². The molecule has 53 heavy (non-hydrogen) atoms. The summed E-state index contributed by atoms with van der Waals surface area (Å²) in [6, 6.07) is 73.1. The fourth-order valence-electron chi connectivity index (χ4n) is 7.81. The highest BCUT2D eigenvalue weighted by Crippen LogP contribution is 2.51. The van der Waals surface area contributed by atoms with Gasteiger partial charge in [-0.3, -0.25) is 0 Å². The molecule has 0 aromatic heterocycles. The van der Waals surface area contributed by atoms with Gasteiger partial charge in [0.05, 0.1) is 5.69 Å². The van der Waals surface area contributed by atoms with Gasteiger partial charge >= 0.3 is 0 Å². The molecule has 0 unspecified atom stereocenters. The van der Waals surface area contributed by atoms with Gasteiger partial charge in [-0.05, 0) is 106 Å². The normalized spacial score (nSPS) is 11.5. The molecule has 0 spiro atoms. The maximum Gasteiger partial charge on any atom is 0.137 e. The molecule has 250 valence electrons. The first-order chi connectivity index (χ1) is 26.3. The lowest BCUT2D eigenvalue weighted by Gasteiger charge is -2.30. The van der Waals surface area contributed by atoms with E-state index in [4.69, 9.17) is 4.74 Å². The molecule has 3 heteroatoms. The lowest BCUT2D eigenvalue weighted by Crippen LogP contribution is -2.11. The van der Waals surface area contributed by atoms with Gasteiger partial charge in [0.2, 0.25) is 0 Å². The number of anilines is 6. The van der Waals surface area contributed by atoms with Crippen LogP contribution in [0.3, 0.4) is 0 Å². The Labute approximate surface area is 309 Å². The van der Waals surface area contributed by atoms with Crippen LogP contribution in [0.4, 0.5) is 34.1 Å². The van der Waals surface area contributed by atoms with Crippen molar-refractivity contribution < 1.29 is 4.74 Å². The summed E-state index contributed by atoms with van der Waals surface area (Å²) in [7, 11) is 0. The van der Waals surface area contributed by atoms with Gasteiger partial charge in [-0.2, -0.15) is 0 Å². The van der Waals surface area contributed by atoms with Crippen LogP contribution in [0.2, 0.25) is 0 Å². The first-order valence-electron chi connectivity index (χ1n) is 18.0. The average Bonchev–Trinajstić information content (AvgIpc) is 3.23. The van der Waals surface area contributed by atoms with E-state index in [0.29, 0.717) is 0 Å². The second-order valence-corrected chi connectivity index (χ2v) is 13.4. The Bertz CT molecular complexity index is 2710. The molecule has 3 nitrogen and oxygen atoms in total. The second kappa shape index (κ2) is 12.9. The van der Waals surface area contributed by atoms with Crippen LogP contribution in [0.15, 0.2) is 206 Å². The molecule has 0 saturated heterocycles. The van der Waals surface area contributed by atoms with Gasteiger partial charge in [0.15, 0.2) is 0 Å². The maximum atomic E-state index is 6.86. The largest absolute Gasteiger partial charge is 0.456 e. The number of rotatable bonds is 7. The van der Waals surface area contributed by atoms with E-state index < -0.39 is 0 Å². The van der Waals surface area contributed by atoms with Gasteiger partial charge in [0.25, 0.3) is 0 Å². The maximum absolute atomic E-state index is 6.86. The van der Waals surface area contributed by atoms with E-state index in [1.54, 1.807) is 0 Å². The molecule has 1 aliphatic heterocycles. The summed E-state index contributed by atoms with van der Waals surface area (Å²) in [4.78, 5) is 4.64. The topological polar surface area (TPSA) is 15.7 Å². The van der Waals surface area contributed by atoms with Gasteiger partial charge in [-0.1, -0.05) is 121 Å². The SMILES string of the molecule is c1ccc(-c2ccccc2N(c2ccccc2)c2ccc3c(c2)Oc2cccc4c2c-3cc2ccc(N(c3ccccc3)c3ccccc3)cc24)cc1. The standard InChI is InChI=1S/C50H34N2O/c1-5-16-35(17-6-1)42-24-13-14-26-47(42)52(39-22-11-4-12-23-39)41-30-31-43-46-32-36-28-29-40(51(37-18-7-2-8-19-37)38-20-9-3-10-21-38)33-45(36)44-25-15-27-48(50(44)46)53-49(43)34-41/h1-34H. The van der Waals surface area contributed by atoms with Gasteiger partial charge < -0.3 is 14.5 Å². The zero-order valence-corrected chi connectivity index (χ0v) is 28.9. The molecule has 0 amide bonds. The molecule has 0 N–H and O–H groups in total.